The smallest absolute Gasteiger partial charge is 0.223 e. The van der Waals surface area contributed by atoms with Gasteiger partial charge in [-0.05, 0) is 74.7 Å². The summed E-state index contributed by atoms with van der Waals surface area (Å²) >= 11 is 5.92. The van der Waals surface area contributed by atoms with Crippen LogP contribution in [0.4, 0.5) is 0 Å². The lowest BCUT2D eigenvalue weighted by molar-refractivity contribution is -0.126. The molecule has 0 spiro atoms. The van der Waals surface area contributed by atoms with Crippen LogP contribution in [0.5, 0.6) is 0 Å². The molecule has 158 valence electrons. The van der Waals surface area contributed by atoms with Crippen molar-refractivity contribution in [3.05, 3.63) is 64.9 Å². The van der Waals surface area contributed by atoms with Gasteiger partial charge in [-0.15, -0.1) is 0 Å². The molecule has 5 nitrogen and oxygen atoms in total. The van der Waals surface area contributed by atoms with Crippen LogP contribution in [0, 0.1) is 5.92 Å². The van der Waals surface area contributed by atoms with Crippen LogP contribution < -0.4 is 5.32 Å². The zero-order valence-corrected chi connectivity index (χ0v) is 18.2. The number of hydrogen-bond acceptors (Lipinski definition) is 3. The molecule has 1 fully saturated rings. The zero-order valence-electron chi connectivity index (χ0n) is 17.5. The average molecular weight is 425 g/mol. The third-order valence-electron chi connectivity index (χ3n) is 6.09. The Morgan fingerprint density at radius 3 is 2.70 bits per heavy atom. The Kier molecular flexibility index (Phi) is 6.70. The van der Waals surface area contributed by atoms with Crippen LogP contribution in [0.25, 0.3) is 11.0 Å². The molecule has 1 amide bonds. The van der Waals surface area contributed by atoms with Gasteiger partial charge in [0, 0.05) is 48.4 Å². The first-order valence-electron chi connectivity index (χ1n) is 10.8. The maximum Gasteiger partial charge on any atom is 0.223 e. The molecule has 0 unspecified atom stereocenters. The summed E-state index contributed by atoms with van der Waals surface area (Å²) in [5, 5.41) is 5.06. The van der Waals surface area contributed by atoms with Crippen molar-refractivity contribution >= 4 is 28.5 Å². The number of nitrogens with one attached hydrogen (secondary N) is 1. The van der Waals surface area contributed by atoms with Gasteiger partial charge in [0.05, 0.1) is 0 Å². The molecule has 30 heavy (non-hydrogen) atoms. The number of amides is 1. The highest BCUT2D eigenvalue weighted by molar-refractivity contribution is 6.30. The minimum absolute atomic E-state index is 0.111. The van der Waals surface area contributed by atoms with E-state index in [2.05, 4.69) is 39.0 Å². The van der Waals surface area contributed by atoms with Crippen molar-refractivity contribution in [2.45, 2.75) is 39.3 Å². The van der Waals surface area contributed by atoms with Crippen molar-refractivity contribution in [2.24, 2.45) is 5.92 Å². The SMILES string of the molecule is CCn1cc(CCN2CCC(C(=O)NCc3ccc(Cl)cc3)CC2)c2cccnc21. The quantitative estimate of drug-likeness (QED) is 0.615. The largest absolute Gasteiger partial charge is 0.352 e. The zero-order chi connectivity index (χ0) is 20.9. The summed E-state index contributed by atoms with van der Waals surface area (Å²) in [6, 6.07) is 11.8. The Morgan fingerprint density at radius 2 is 1.97 bits per heavy atom. The number of aryl methyl sites for hydroxylation is 1. The predicted octanol–water partition coefficient (Wildman–Crippen LogP) is 4.28. The number of pyridine rings is 1. The Hall–Kier alpha value is -2.37. The molecule has 4 rings (SSSR count). The first-order chi connectivity index (χ1) is 14.6. The number of carbonyl (C=O) groups excluding carboxylic acids is 1. The monoisotopic (exact) mass is 424 g/mol. The highest BCUT2D eigenvalue weighted by Crippen LogP contribution is 2.22. The van der Waals surface area contributed by atoms with Crippen LogP contribution in [-0.4, -0.2) is 40.0 Å². The fourth-order valence-corrected chi connectivity index (χ4v) is 4.39. The Bertz CT molecular complexity index is 990. The molecule has 1 N–H and O–H groups in total. The van der Waals surface area contributed by atoms with E-state index in [-0.39, 0.29) is 11.8 Å². The number of aromatic nitrogens is 2. The number of rotatable bonds is 7. The van der Waals surface area contributed by atoms with Gasteiger partial charge >= 0.3 is 0 Å². The summed E-state index contributed by atoms with van der Waals surface area (Å²) in [5.74, 6) is 0.279. The van der Waals surface area contributed by atoms with Crippen molar-refractivity contribution in [1.29, 1.82) is 0 Å². The van der Waals surface area contributed by atoms with Crippen molar-refractivity contribution in [3.8, 4) is 0 Å². The molecule has 0 atom stereocenters. The highest BCUT2D eigenvalue weighted by atomic mass is 35.5. The molecule has 1 aliphatic rings. The van der Waals surface area contributed by atoms with Gasteiger partial charge in [-0.1, -0.05) is 23.7 Å². The van der Waals surface area contributed by atoms with Crippen LogP contribution in [0.3, 0.4) is 0 Å². The van der Waals surface area contributed by atoms with Gasteiger partial charge in [-0.2, -0.15) is 0 Å². The number of benzene rings is 1. The Morgan fingerprint density at radius 1 is 1.20 bits per heavy atom. The third kappa shape index (κ3) is 4.85. The summed E-state index contributed by atoms with van der Waals surface area (Å²) in [5.41, 5.74) is 3.51. The van der Waals surface area contributed by atoms with Crippen molar-refractivity contribution in [1.82, 2.24) is 19.8 Å². The predicted molar refractivity (Wildman–Crippen MR) is 122 cm³/mol. The van der Waals surface area contributed by atoms with E-state index in [0.717, 1.165) is 56.7 Å². The van der Waals surface area contributed by atoms with Gasteiger partial charge in [-0.25, -0.2) is 4.98 Å². The number of halogens is 1. The van der Waals surface area contributed by atoms with Crippen LogP contribution in [-0.2, 0) is 24.3 Å². The van der Waals surface area contributed by atoms with Gasteiger partial charge in [0.25, 0.3) is 0 Å². The molecule has 1 saturated heterocycles. The first-order valence-corrected chi connectivity index (χ1v) is 11.2. The lowest BCUT2D eigenvalue weighted by atomic mass is 9.95. The number of nitrogens with zero attached hydrogens (tertiary/aromatic N) is 3. The van der Waals surface area contributed by atoms with Crippen molar-refractivity contribution in [3.63, 3.8) is 0 Å². The second-order valence-corrected chi connectivity index (χ2v) is 8.46. The molecule has 1 aliphatic heterocycles. The summed E-state index contributed by atoms with van der Waals surface area (Å²) in [6.45, 7) is 6.63. The molecule has 3 heterocycles. The molecule has 3 aromatic rings. The minimum atomic E-state index is 0.111. The van der Waals surface area contributed by atoms with E-state index in [0.29, 0.717) is 11.6 Å². The van der Waals surface area contributed by atoms with Crippen LogP contribution in [0.2, 0.25) is 5.02 Å². The number of carbonyl (C=O) groups is 1. The maximum absolute atomic E-state index is 12.5. The molecule has 0 saturated carbocycles. The average Bonchev–Trinajstić information content (AvgIpc) is 3.15. The second-order valence-electron chi connectivity index (χ2n) is 8.03. The second kappa shape index (κ2) is 9.63. The van der Waals surface area contributed by atoms with Crippen molar-refractivity contribution in [2.75, 3.05) is 19.6 Å². The summed E-state index contributed by atoms with van der Waals surface area (Å²) in [7, 11) is 0. The highest BCUT2D eigenvalue weighted by Gasteiger charge is 2.24. The Balaban J connectivity index is 1.25. The first kappa shape index (κ1) is 20.9. The normalized spacial score (nSPS) is 15.5. The molecule has 1 aromatic carbocycles. The van der Waals surface area contributed by atoms with E-state index >= 15 is 0 Å². The molecule has 2 aromatic heterocycles. The standard InChI is InChI=1S/C24H29ClN4O/c1-2-29-17-20(22-4-3-12-26-23(22)29)11-15-28-13-9-19(10-14-28)24(30)27-16-18-5-7-21(25)8-6-18/h3-8,12,17,19H,2,9-11,13-16H2,1H3,(H,27,30). The van der Waals surface area contributed by atoms with Gasteiger partial charge < -0.3 is 14.8 Å². The molecule has 0 bridgehead atoms. The molecular formula is C24H29ClN4O. The summed E-state index contributed by atoms with van der Waals surface area (Å²) in [4.78, 5) is 19.6. The number of fused-ring (bicyclic) bond motifs is 1. The van der Waals surface area contributed by atoms with Gasteiger partial charge in [0.2, 0.25) is 5.91 Å². The van der Waals surface area contributed by atoms with E-state index in [1.807, 2.05) is 36.5 Å². The Labute approximate surface area is 183 Å². The molecule has 0 radical (unpaired) electrons. The number of likely N-dealkylation sites (tertiary alicyclic amines) is 1. The van der Waals surface area contributed by atoms with Gasteiger partial charge in [0.15, 0.2) is 0 Å². The third-order valence-corrected chi connectivity index (χ3v) is 6.34. The van der Waals surface area contributed by atoms with E-state index in [9.17, 15) is 4.79 Å². The number of piperidine rings is 1. The van der Waals surface area contributed by atoms with Crippen LogP contribution >= 0.6 is 11.6 Å². The van der Waals surface area contributed by atoms with Crippen molar-refractivity contribution < 1.29 is 4.79 Å². The minimum Gasteiger partial charge on any atom is -0.352 e. The summed E-state index contributed by atoms with van der Waals surface area (Å²) < 4.78 is 2.22. The lowest BCUT2D eigenvalue weighted by Crippen LogP contribution is -2.41. The molecule has 0 aliphatic carbocycles. The number of hydrogen-bond donors (Lipinski definition) is 1. The van der Waals surface area contributed by atoms with E-state index in [4.69, 9.17) is 11.6 Å². The fourth-order valence-electron chi connectivity index (χ4n) is 4.27. The summed E-state index contributed by atoms with van der Waals surface area (Å²) in [6.07, 6.45) is 6.97. The lowest BCUT2D eigenvalue weighted by Gasteiger charge is -2.31. The fraction of sp³-hybridized carbons (Fsp3) is 0.417. The van der Waals surface area contributed by atoms with Crippen LogP contribution in [0.15, 0.2) is 48.8 Å². The van der Waals surface area contributed by atoms with E-state index < -0.39 is 0 Å². The molecular weight excluding hydrogens is 396 g/mol. The molecule has 6 heteroatoms. The van der Waals surface area contributed by atoms with Gasteiger partial charge in [0.1, 0.15) is 5.65 Å². The van der Waals surface area contributed by atoms with Crippen LogP contribution in [0.1, 0.15) is 30.9 Å². The topological polar surface area (TPSA) is 50.2 Å². The van der Waals surface area contributed by atoms with E-state index in [1.165, 1.54) is 10.9 Å². The maximum atomic E-state index is 12.5. The van der Waals surface area contributed by atoms with E-state index in [1.54, 1.807) is 0 Å². The van der Waals surface area contributed by atoms with Gasteiger partial charge in [-0.3, -0.25) is 4.79 Å².